The highest BCUT2D eigenvalue weighted by Gasteiger charge is 2.40. The van der Waals surface area contributed by atoms with Gasteiger partial charge in [0.2, 0.25) is 11.6 Å². The molecule has 0 aromatic heterocycles. The van der Waals surface area contributed by atoms with Crippen molar-refractivity contribution in [2.45, 2.75) is 63.9 Å². The lowest BCUT2D eigenvalue weighted by atomic mass is 9.73. The zero-order valence-electron chi connectivity index (χ0n) is 11.8. The van der Waals surface area contributed by atoms with Gasteiger partial charge in [0.25, 0.3) is 0 Å². The molecule has 0 spiro atoms. The van der Waals surface area contributed by atoms with Gasteiger partial charge in [-0.25, -0.2) is 40.6 Å². The van der Waals surface area contributed by atoms with E-state index in [1.54, 1.807) is 0 Å². The Morgan fingerprint density at radius 2 is 1.05 bits per heavy atom. The molecule has 4 N–H and O–H groups in total. The number of rotatable bonds is 8. The SMILES string of the molecule is CC(CC1CCCCC1CC(C)(OO)OO)(OO)OO. The molecule has 8 nitrogen and oxygen atoms in total. The molecule has 1 aliphatic carbocycles. The van der Waals surface area contributed by atoms with Crippen molar-refractivity contribution in [1.29, 1.82) is 0 Å². The lowest BCUT2D eigenvalue weighted by Gasteiger charge is -2.38. The van der Waals surface area contributed by atoms with Gasteiger partial charge in [0.1, 0.15) is 0 Å². The first kappa shape index (κ1) is 17.7. The van der Waals surface area contributed by atoms with E-state index in [0.29, 0.717) is 0 Å². The Balaban J connectivity index is 2.71. The minimum atomic E-state index is -1.50. The van der Waals surface area contributed by atoms with Crippen molar-refractivity contribution in [3.05, 3.63) is 0 Å². The van der Waals surface area contributed by atoms with Gasteiger partial charge in [-0.3, -0.25) is 0 Å². The summed E-state index contributed by atoms with van der Waals surface area (Å²) in [5.74, 6) is -2.90. The minimum absolute atomic E-state index is 0.0534. The molecule has 2 unspecified atom stereocenters. The standard InChI is InChI=1S/C12H24O8/c1-11(17-13,18-14)7-9-5-3-4-6-10(9)8-12(2,19-15)20-16/h9-10,13-16H,3-8H2,1-2H3. The predicted molar refractivity (Wildman–Crippen MR) is 66.3 cm³/mol. The summed E-state index contributed by atoms with van der Waals surface area (Å²) < 4.78 is 0. The third-order valence-electron chi connectivity index (χ3n) is 4.10. The van der Waals surface area contributed by atoms with Crippen LogP contribution in [0.1, 0.15) is 52.4 Å². The summed E-state index contributed by atoms with van der Waals surface area (Å²) in [5, 5.41) is 35.3. The molecule has 0 aliphatic heterocycles. The fraction of sp³-hybridized carbons (Fsp3) is 1.00. The van der Waals surface area contributed by atoms with E-state index in [0.717, 1.165) is 25.7 Å². The van der Waals surface area contributed by atoms with Crippen LogP contribution in [0.4, 0.5) is 0 Å². The smallest absolute Gasteiger partial charge is 0.230 e. The molecule has 8 heteroatoms. The van der Waals surface area contributed by atoms with Crippen LogP contribution in [-0.4, -0.2) is 32.6 Å². The second kappa shape index (κ2) is 7.62. The van der Waals surface area contributed by atoms with Gasteiger partial charge in [0.05, 0.1) is 0 Å². The summed E-state index contributed by atoms with van der Waals surface area (Å²) >= 11 is 0. The van der Waals surface area contributed by atoms with Gasteiger partial charge < -0.3 is 0 Å². The maximum absolute atomic E-state index is 8.81. The first-order valence-corrected chi connectivity index (χ1v) is 6.72. The molecular formula is C12H24O8. The Bertz CT molecular complexity index is 249. The van der Waals surface area contributed by atoms with E-state index in [2.05, 4.69) is 19.6 Å². The zero-order valence-corrected chi connectivity index (χ0v) is 11.8. The largest absolute Gasteiger partial charge is 0.249 e. The van der Waals surface area contributed by atoms with Gasteiger partial charge in [-0.1, -0.05) is 12.8 Å². The monoisotopic (exact) mass is 296 g/mol. The summed E-state index contributed by atoms with van der Waals surface area (Å²) in [4.78, 5) is 16.7. The molecule has 120 valence electrons. The number of hydrogen-bond acceptors (Lipinski definition) is 8. The second-order valence-electron chi connectivity index (χ2n) is 5.85. The van der Waals surface area contributed by atoms with Crippen LogP contribution in [0, 0.1) is 11.8 Å². The van der Waals surface area contributed by atoms with E-state index in [9.17, 15) is 0 Å². The summed E-state index contributed by atoms with van der Waals surface area (Å²) in [6.07, 6.45) is 4.23. The van der Waals surface area contributed by atoms with Crippen molar-refractivity contribution < 1.29 is 40.6 Å². The normalized spacial score (nSPS) is 24.9. The molecule has 1 rings (SSSR count). The number of hydrogen-bond donors (Lipinski definition) is 4. The van der Waals surface area contributed by atoms with Crippen molar-refractivity contribution in [3.8, 4) is 0 Å². The zero-order chi connectivity index (χ0) is 15.2. The highest BCUT2D eigenvalue weighted by atomic mass is 17.2. The van der Waals surface area contributed by atoms with E-state index in [1.807, 2.05) is 0 Å². The van der Waals surface area contributed by atoms with Gasteiger partial charge in [0.15, 0.2) is 0 Å². The van der Waals surface area contributed by atoms with Crippen LogP contribution in [0.2, 0.25) is 0 Å². The van der Waals surface area contributed by atoms with Crippen LogP contribution in [0.5, 0.6) is 0 Å². The van der Waals surface area contributed by atoms with Crippen LogP contribution < -0.4 is 0 Å². The van der Waals surface area contributed by atoms with Gasteiger partial charge in [-0.05, 0) is 38.5 Å². The fourth-order valence-corrected chi connectivity index (χ4v) is 2.96. The highest BCUT2D eigenvalue weighted by Crippen LogP contribution is 2.41. The second-order valence-corrected chi connectivity index (χ2v) is 5.85. The molecule has 1 fully saturated rings. The van der Waals surface area contributed by atoms with Crippen LogP contribution in [-0.2, 0) is 19.6 Å². The molecule has 20 heavy (non-hydrogen) atoms. The molecule has 2 atom stereocenters. The summed E-state index contributed by atoms with van der Waals surface area (Å²) in [5.41, 5.74) is 0. The lowest BCUT2D eigenvalue weighted by Crippen LogP contribution is -2.40. The van der Waals surface area contributed by atoms with Crippen molar-refractivity contribution in [1.82, 2.24) is 0 Å². The molecule has 0 aromatic carbocycles. The molecular weight excluding hydrogens is 272 g/mol. The van der Waals surface area contributed by atoms with Crippen molar-refractivity contribution >= 4 is 0 Å². The first-order chi connectivity index (χ1) is 9.42. The molecule has 0 heterocycles. The Kier molecular flexibility index (Phi) is 6.76. The molecule has 1 aliphatic rings. The van der Waals surface area contributed by atoms with E-state index in [4.69, 9.17) is 21.0 Å². The first-order valence-electron chi connectivity index (χ1n) is 6.72. The molecule has 0 saturated heterocycles. The van der Waals surface area contributed by atoms with Gasteiger partial charge in [-0.15, -0.1) is 0 Å². The topological polar surface area (TPSA) is 118 Å². The lowest BCUT2D eigenvalue weighted by molar-refractivity contribution is -0.489. The molecule has 0 radical (unpaired) electrons. The third-order valence-corrected chi connectivity index (χ3v) is 4.10. The minimum Gasteiger partial charge on any atom is -0.249 e. The predicted octanol–water partition coefficient (Wildman–Crippen LogP) is 2.96. The maximum atomic E-state index is 8.81. The van der Waals surface area contributed by atoms with E-state index in [-0.39, 0.29) is 24.7 Å². The Labute approximate surface area is 117 Å². The van der Waals surface area contributed by atoms with Crippen LogP contribution >= 0.6 is 0 Å². The molecule has 0 aromatic rings. The summed E-state index contributed by atoms with van der Waals surface area (Å²) in [7, 11) is 0. The van der Waals surface area contributed by atoms with E-state index < -0.39 is 11.6 Å². The van der Waals surface area contributed by atoms with Crippen molar-refractivity contribution in [3.63, 3.8) is 0 Å². The van der Waals surface area contributed by atoms with Gasteiger partial charge in [0, 0.05) is 12.8 Å². The third kappa shape index (κ3) is 4.61. The molecule has 1 saturated carbocycles. The van der Waals surface area contributed by atoms with Crippen LogP contribution in [0.3, 0.4) is 0 Å². The quantitative estimate of drug-likeness (QED) is 0.307. The van der Waals surface area contributed by atoms with E-state index >= 15 is 0 Å². The average molecular weight is 296 g/mol. The summed E-state index contributed by atoms with van der Waals surface area (Å²) in [6.45, 7) is 2.84. The van der Waals surface area contributed by atoms with Gasteiger partial charge in [-0.2, -0.15) is 0 Å². The average Bonchev–Trinajstić information content (AvgIpc) is 2.49. The Morgan fingerprint density at radius 1 is 0.750 bits per heavy atom. The Hall–Kier alpha value is -0.320. The van der Waals surface area contributed by atoms with Crippen molar-refractivity contribution in [2.75, 3.05) is 0 Å². The fourth-order valence-electron chi connectivity index (χ4n) is 2.96. The van der Waals surface area contributed by atoms with Gasteiger partial charge >= 0.3 is 0 Å². The summed E-state index contributed by atoms with van der Waals surface area (Å²) in [6, 6.07) is 0. The molecule has 0 amide bonds. The molecule has 0 bridgehead atoms. The highest BCUT2D eigenvalue weighted by molar-refractivity contribution is 4.82. The van der Waals surface area contributed by atoms with Crippen LogP contribution in [0.25, 0.3) is 0 Å². The van der Waals surface area contributed by atoms with Crippen LogP contribution in [0.15, 0.2) is 0 Å². The maximum Gasteiger partial charge on any atom is 0.230 e. The van der Waals surface area contributed by atoms with E-state index in [1.165, 1.54) is 13.8 Å². The Morgan fingerprint density at radius 3 is 1.30 bits per heavy atom. The van der Waals surface area contributed by atoms with Crippen molar-refractivity contribution in [2.24, 2.45) is 11.8 Å².